The highest BCUT2D eigenvalue weighted by molar-refractivity contribution is 6.80. The smallest absolute Gasteiger partial charge is 0.397 e. The van der Waals surface area contributed by atoms with Crippen molar-refractivity contribution in [2.45, 2.75) is 26.2 Å². The van der Waals surface area contributed by atoms with Crippen LogP contribution in [-0.4, -0.2) is 88.8 Å². The second kappa shape index (κ2) is 13.3. The number of hydrogen-bond donors (Lipinski definition) is 0. The zero-order valence-electron chi connectivity index (χ0n) is 16.1. The third-order valence-electron chi connectivity index (χ3n) is 3.09. The minimum atomic E-state index is -2.92. The molecule has 160 valence electrons. The van der Waals surface area contributed by atoms with Gasteiger partial charge in [0, 0.05) is 49.7 Å². The minimum absolute atomic E-state index is 0.268. The first-order chi connectivity index (χ1) is 12.5. The molecule has 0 atom stereocenters. The third kappa shape index (κ3) is 11.6. The van der Waals surface area contributed by atoms with Gasteiger partial charge in [0.25, 0.3) is 0 Å². The van der Waals surface area contributed by atoms with Crippen molar-refractivity contribution in [1.29, 1.82) is 0 Å². The maximum atomic E-state index is 12.3. The van der Waals surface area contributed by atoms with Crippen LogP contribution in [0.3, 0.4) is 0 Å². The first-order valence-electron chi connectivity index (χ1n) is 8.41. The van der Waals surface area contributed by atoms with Crippen molar-refractivity contribution in [3.63, 3.8) is 0 Å². The molecule has 7 nitrogen and oxygen atoms in total. The molecular weight excluding hydrogens is 474 g/mol. The average Bonchev–Trinajstić information content (AvgIpc) is 2.52. The predicted octanol–water partition coefficient (Wildman–Crippen LogP) is 4.24. The summed E-state index contributed by atoms with van der Waals surface area (Å²) in [6, 6.07) is 0. The summed E-state index contributed by atoms with van der Waals surface area (Å²) in [5, 5.41) is 0. The predicted molar refractivity (Wildman–Crippen MR) is 115 cm³/mol. The largest absolute Gasteiger partial charge is 0.479 e. The van der Waals surface area contributed by atoms with Crippen LogP contribution in [0.1, 0.15) is 0 Å². The molecule has 27 heavy (non-hydrogen) atoms. The van der Waals surface area contributed by atoms with E-state index in [1.165, 1.54) is 9.80 Å². The molecule has 0 rings (SSSR count). The molecule has 0 bridgehead atoms. The molecule has 0 aliphatic carbocycles. The summed E-state index contributed by atoms with van der Waals surface area (Å²) in [6.45, 7) is 8.12. The van der Waals surface area contributed by atoms with Gasteiger partial charge in [-0.2, -0.15) is 0 Å². The van der Waals surface area contributed by atoms with Gasteiger partial charge in [0.1, 0.15) is 0 Å². The normalized spacial score (nSPS) is 11.9. The number of carbonyl (C=O) groups excluding carboxylic acids is 2. The van der Waals surface area contributed by atoms with Crippen LogP contribution in [0.25, 0.3) is 0 Å². The molecule has 0 aromatic carbocycles. The Hall–Kier alpha value is 0.0938. The molecule has 0 fully saturated rings. The SMILES string of the molecule is C[Si](C)(OC(=O)N(CCCl)CCCl)O[Si](C)(C)OC(=O)N(CCCl)CCCl. The highest BCUT2D eigenvalue weighted by Gasteiger charge is 2.42. The van der Waals surface area contributed by atoms with Crippen LogP contribution in [0.2, 0.25) is 26.2 Å². The van der Waals surface area contributed by atoms with Gasteiger partial charge >= 0.3 is 29.3 Å². The topological polar surface area (TPSA) is 68.3 Å². The van der Waals surface area contributed by atoms with Crippen molar-refractivity contribution >= 4 is 75.7 Å². The van der Waals surface area contributed by atoms with Gasteiger partial charge in [-0.3, -0.25) is 0 Å². The maximum Gasteiger partial charge on any atom is 0.397 e. The lowest BCUT2D eigenvalue weighted by Gasteiger charge is -2.34. The van der Waals surface area contributed by atoms with Gasteiger partial charge in [-0.1, -0.05) is 0 Å². The number of halogens is 4. The average molecular weight is 502 g/mol. The Balaban J connectivity index is 4.91. The van der Waals surface area contributed by atoms with Crippen molar-refractivity contribution in [3.05, 3.63) is 0 Å². The molecule has 0 spiro atoms. The first-order valence-corrected chi connectivity index (χ1v) is 16.2. The van der Waals surface area contributed by atoms with Gasteiger partial charge in [-0.15, -0.1) is 46.4 Å². The Labute approximate surface area is 183 Å². The van der Waals surface area contributed by atoms with Crippen LogP contribution in [0.15, 0.2) is 0 Å². The summed E-state index contributed by atoms with van der Waals surface area (Å²) in [7, 11) is -5.85. The fourth-order valence-electron chi connectivity index (χ4n) is 2.18. The van der Waals surface area contributed by atoms with Crippen molar-refractivity contribution < 1.29 is 22.6 Å². The molecule has 0 aliphatic heterocycles. The molecule has 0 aromatic heterocycles. The van der Waals surface area contributed by atoms with E-state index >= 15 is 0 Å². The minimum Gasteiger partial charge on any atom is -0.479 e. The number of rotatable bonds is 12. The lowest BCUT2D eigenvalue weighted by atomic mass is 10.5. The van der Waals surface area contributed by atoms with Crippen LogP contribution in [-0.2, 0) is 13.0 Å². The second-order valence-electron chi connectivity index (χ2n) is 6.37. The van der Waals surface area contributed by atoms with Gasteiger partial charge < -0.3 is 22.8 Å². The molecule has 0 aliphatic rings. The zero-order valence-corrected chi connectivity index (χ0v) is 21.1. The van der Waals surface area contributed by atoms with E-state index in [-0.39, 0.29) is 23.5 Å². The van der Waals surface area contributed by atoms with Gasteiger partial charge in [-0.25, -0.2) is 9.59 Å². The van der Waals surface area contributed by atoms with Crippen LogP contribution in [0.5, 0.6) is 0 Å². The van der Waals surface area contributed by atoms with Gasteiger partial charge in [0.15, 0.2) is 0 Å². The van der Waals surface area contributed by atoms with E-state index in [1.54, 1.807) is 26.2 Å². The fraction of sp³-hybridized carbons (Fsp3) is 0.857. The highest BCUT2D eigenvalue weighted by Crippen LogP contribution is 2.19. The molecular formula is C14H28Cl4N2O5Si2. The summed E-state index contributed by atoms with van der Waals surface area (Å²) in [5.74, 6) is 1.07. The van der Waals surface area contributed by atoms with E-state index in [2.05, 4.69) is 0 Å². The van der Waals surface area contributed by atoms with Gasteiger partial charge in [0.2, 0.25) is 0 Å². The van der Waals surface area contributed by atoms with E-state index in [0.29, 0.717) is 26.2 Å². The zero-order chi connectivity index (χ0) is 21.1. The molecule has 0 N–H and O–H groups in total. The Morgan fingerprint density at radius 1 is 0.667 bits per heavy atom. The summed E-state index contributed by atoms with van der Waals surface area (Å²) >= 11 is 22.8. The van der Waals surface area contributed by atoms with E-state index < -0.39 is 29.3 Å². The molecule has 13 heteroatoms. The van der Waals surface area contributed by atoms with E-state index in [0.717, 1.165) is 0 Å². The summed E-state index contributed by atoms with van der Waals surface area (Å²) < 4.78 is 17.1. The lowest BCUT2D eigenvalue weighted by molar-refractivity contribution is 0.134. The highest BCUT2D eigenvalue weighted by atomic mass is 35.5. The van der Waals surface area contributed by atoms with Crippen molar-refractivity contribution in [2.75, 3.05) is 49.7 Å². The first kappa shape index (κ1) is 27.1. The number of amides is 2. The van der Waals surface area contributed by atoms with Crippen LogP contribution in [0, 0.1) is 0 Å². The number of hydrogen-bond acceptors (Lipinski definition) is 5. The van der Waals surface area contributed by atoms with E-state index in [1.807, 2.05) is 0 Å². The molecule has 0 unspecified atom stereocenters. The second-order valence-corrected chi connectivity index (χ2v) is 14.7. The Morgan fingerprint density at radius 2 is 0.926 bits per heavy atom. The number of carbonyl (C=O) groups is 2. The third-order valence-corrected chi connectivity index (χ3v) is 9.03. The fourth-order valence-corrected chi connectivity index (χ4v) is 9.16. The standard InChI is InChI=1S/C14H28Cl4N2O5Si2/c1-26(2,23-13(21)19(9-5-15)10-6-16)25-27(3,4)24-14(22)20(11-7-17)12-8-18/h5-12H2,1-4H3. The number of nitrogens with zero attached hydrogens (tertiary/aromatic N) is 2. The molecule has 0 saturated carbocycles. The lowest BCUT2D eigenvalue weighted by Crippen LogP contribution is -2.53. The Bertz CT molecular complexity index is 423. The van der Waals surface area contributed by atoms with Crippen molar-refractivity contribution in [2.24, 2.45) is 0 Å². The summed E-state index contributed by atoms with van der Waals surface area (Å²) in [5.41, 5.74) is 0. The Morgan fingerprint density at radius 3 is 1.15 bits per heavy atom. The van der Waals surface area contributed by atoms with Crippen molar-refractivity contribution in [3.8, 4) is 0 Å². The van der Waals surface area contributed by atoms with Crippen LogP contribution < -0.4 is 0 Å². The molecule has 0 saturated heterocycles. The molecule has 2 amide bonds. The van der Waals surface area contributed by atoms with Crippen molar-refractivity contribution in [1.82, 2.24) is 9.80 Å². The molecule has 0 radical (unpaired) electrons. The van der Waals surface area contributed by atoms with Crippen LogP contribution in [0.4, 0.5) is 9.59 Å². The summed E-state index contributed by atoms with van der Waals surface area (Å²) in [4.78, 5) is 27.5. The van der Waals surface area contributed by atoms with Gasteiger partial charge in [0.05, 0.1) is 0 Å². The molecule has 0 heterocycles. The van der Waals surface area contributed by atoms with E-state index in [4.69, 9.17) is 59.4 Å². The van der Waals surface area contributed by atoms with E-state index in [9.17, 15) is 9.59 Å². The Kier molecular flexibility index (Phi) is 13.4. The quantitative estimate of drug-likeness (QED) is 0.295. The monoisotopic (exact) mass is 500 g/mol. The molecule has 0 aromatic rings. The number of alkyl halides is 4. The van der Waals surface area contributed by atoms with Gasteiger partial charge in [-0.05, 0) is 26.2 Å². The summed E-state index contributed by atoms with van der Waals surface area (Å²) in [6.07, 6.45) is -1.09. The van der Waals surface area contributed by atoms with Crippen LogP contribution >= 0.6 is 46.4 Å². The maximum absolute atomic E-state index is 12.3.